The van der Waals surface area contributed by atoms with E-state index >= 15 is 0 Å². The highest BCUT2D eigenvalue weighted by atomic mass is 15.1. The lowest BCUT2D eigenvalue weighted by atomic mass is 9.81. The average molecular weight is 714 g/mol. The predicted molar refractivity (Wildman–Crippen MR) is 240 cm³/mol. The molecule has 264 valence electrons. The van der Waals surface area contributed by atoms with Crippen LogP contribution >= 0.6 is 0 Å². The first-order chi connectivity index (χ1) is 27.7. The molecule has 0 spiro atoms. The summed E-state index contributed by atoms with van der Waals surface area (Å²) in [5.41, 5.74) is 14.3. The second-order valence-corrected chi connectivity index (χ2v) is 14.6. The van der Waals surface area contributed by atoms with Gasteiger partial charge in [-0.1, -0.05) is 181 Å². The van der Waals surface area contributed by atoms with Gasteiger partial charge in [-0.3, -0.25) is 0 Å². The summed E-state index contributed by atoms with van der Waals surface area (Å²) in [6.45, 7) is 2.15. The van der Waals surface area contributed by atoms with Gasteiger partial charge in [0.15, 0.2) is 0 Å². The zero-order chi connectivity index (χ0) is 37.4. The largest absolute Gasteiger partial charge is 0.310 e. The van der Waals surface area contributed by atoms with Crippen LogP contribution in [0.4, 0.5) is 17.1 Å². The van der Waals surface area contributed by atoms with Crippen LogP contribution in [0.15, 0.2) is 218 Å². The molecule has 1 heteroatoms. The van der Waals surface area contributed by atoms with Gasteiger partial charge in [0.1, 0.15) is 0 Å². The molecule has 0 saturated heterocycles. The maximum absolute atomic E-state index is 2.43. The van der Waals surface area contributed by atoms with Gasteiger partial charge in [-0.05, 0) is 126 Å². The van der Waals surface area contributed by atoms with Crippen LogP contribution in [0.3, 0.4) is 0 Å². The highest BCUT2D eigenvalue weighted by Crippen LogP contribution is 2.50. The average Bonchev–Trinajstić information content (AvgIpc) is 3.28. The van der Waals surface area contributed by atoms with Gasteiger partial charge in [0.05, 0.1) is 0 Å². The molecular formula is C55H39N. The third-order valence-electron chi connectivity index (χ3n) is 11.1. The van der Waals surface area contributed by atoms with Crippen molar-refractivity contribution in [3.05, 3.63) is 224 Å². The molecule has 10 aromatic carbocycles. The molecule has 0 radical (unpaired) electrons. The molecule has 0 aliphatic heterocycles. The summed E-state index contributed by atoms with van der Waals surface area (Å²) in [6.07, 6.45) is 0. The van der Waals surface area contributed by atoms with Gasteiger partial charge >= 0.3 is 0 Å². The quantitative estimate of drug-likeness (QED) is 0.149. The number of hydrogen-bond acceptors (Lipinski definition) is 1. The van der Waals surface area contributed by atoms with E-state index < -0.39 is 0 Å². The summed E-state index contributed by atoms with van der Waals surface area (Å²) >= 11 is 0. The smallest absolute Gasteiger partial charge is 0.0468 e. The molecule has 0 heterocycles. The van der Waals surface area contributed by atoms with Gasteiger partial charge in [-0.15, -0.1) is 0 Å². The summed E-state index contributed by atoms with van der Waals surface area (Å²) in [5, 5.41) is 7.49. The minimum atomic E-state index is 1.11. The lowest BCUT2D eigenvalue weighted by Gasteiger charge is -2.27. The Bertz CT molecular complexity index is 2990. The van der Waals surface area contributed by atoms with Crippen molar-refractivity contribution in [1.82, 2.24) is 0 Å². The number of anilines is 3. The Hall–Kier alpha value is -7.22. The van der Waals surface area contributed by atoms with Gasteiger partial charge in [0.25, 0.3) is 0 Å². The number of nitrogens with zero attached hydrogens (tertiary/aromatic N) is 1. The first-order valence-electron chi connectivity index (χ1n) is 19.3. The van der Waals surface area contributed by atoms with E-state index in [2.05, 4.69) is 230 Å². The van der Waals surface area contributed by atoms with Crippen molar-refractivity contribution in [2.75, 3.05) is 4.90 Å². The summed E-state index contributed by atoms with van der Waals surface area (Å²) in [6, 6.07) is 79.7. The second kappa shape index (κ2) is 14.2. The fourth-order valence-electron chi connectivity index (χ4n) is 8.47. The molecule has 0 atom stereocenters. The second-order valence-electron chi connectivity index (χ2n) is 14.6. The molecule has 0 aliphatic carbocycles. The molecular weight excluding hydrogens is 675 g/mol. The van der Waals surface area contributed by atoms with Crippen LogP contribution in [0.25, 0.3) is 76.8 Å². The molecule has 0 unspecified atom stereocenters. The van der Waals surface area contributed by atoms with Crippen LogP contribution in [0.2, 0.25) is 0 Å². The SMILES string of the molecule is Cc1ccc(N(c2cccc(-c3ccccc3)c2)c2ccc3c(c2)c2ccccc2c2c(-c4ccccc4)cc(-c4ccccc4)c(-c4ccccc4)c32)cc1. The zero-order valence-electron chi connectivity index (χ0n) is 31.2. The van der Waals surface area contributed by atoms with Gasteiger partial charge in [0, 0.05) is 17.1 Å². The van der Waals surface area contributed by atoms with Gasteiger partial charge in [-0.2, -0.15) is 0 Å². The fourth-order valence-corrected chi connectivity index (χ4v) is 8.47. The lowest BCUT2D eigenvalue weighted by molar-refractivity contribution is 1.28. The molecule has 10 aromatic rings. The molecule has 0 aliphatic rings. The van der Waals surface area contributed by atoms with Crippen LogP contribution in [-0.2, 0) is 0 Å². The van der Waals surface area contributed by atoms with Gasteiger partial charge in [-0.25, -0.2) is 0 Å². The molecule has 1 nitrogen and oxygen atoms in total. The number of rotatable bonds is 7. The molecule has 0 saturated carbocycles. The summed E-state index contributed by atoms with van der Waals surface area (Å²) in [7, 11) is 0. The van der Waals surface area contributed by atoms with Crippen molar-refractivity contribution in [3.8, 4) is 44.5 Å². The minimum absolute atomic E-state index is 1.11. The van der Waals surface area contributed by atoms with Crippen LogP contribution in [0.1, 0.15) is 5.56 Å². The number of aryl methyl sites for hydroxylation is 1. The third kappa shape index (κ3) is 5.91. The Balaban J connectivity index is 1.33. The number of hydrogen-bond donors (Lipinski definition) is 0. The maximum atomic E-state index is 2.43. The normalized spacial score (nSPS) is 11.3. The first-order valence-corrected chi connectivity index (χ1v) is 19.3. The number of benzene rings is 10. The zero-order valence-corrected chi connectivity index (χ0v) is 31.2. The lowest BCUT2D eigenvalue weighted by Crippen LogP contribution is -2.10. The monoisotopic (exact) mass is 713 g/mol. The van der Waals surface area contributed by atoms with E-state index in [9.17, 15) is 0 Å². The Kier molecular flexibility index (Phi) is 8.46. The van der Waals surface area contributed by atoms with Crippen LogP contribution in [-0.4, -0.2) is 0 Å². The van der Waals surface area contributed by atoms with E-state index in [0.717, 1.165) is 17.1 Å². The topological polar surface area (TPSA) is 3.24 Å². The van der Waals surface area contributed by atoms with E-state index in [4.69, 9.17) is 0 Å². The van der Waals surface area contributed by atoms with Crippen molar-refractivity contribution in [2.45, 2.75) is 6.92 Å². The maximum Gasteiger partial charge on any atom is 0.0468 e. The summed E-state index contributed by atoms with van der Waals surface area (Å²) < 4.78 is 0. The number of fused-ring (bicyclic) bond motifs is 6. The molecule has 0 N–H and O–H groups in total. The van der Waals surface area contributed by atoms with E-state index in [1.54, 1.807) is 0 Å². The van der Waals surface area contributed by atoms with Crippen molar-refractivity contribution >= 4 is 49.4 Å². The van der Waals surface area contributed by atoms with E-state index in [-0.39, 0.29) is 0 Å². The molecule has 10 rings (SSSR count). The van der Waals surface area contributed by atoms with Crippen LogP contribution < -0.4 is 4.90 Å². The summed E-state index contributed by atoms with van der Waals surface area (Å²) in [5.74, 6) is 0. The Labute approximate surface area is 328 Å². The predicted octanol–water partition coefficient (Wildman–Crippen LogP) is 15.6. The Morgan fingerprint density at radius 2 is 0.786 bits per heavy atom. The first kappa shape index (κ1) is 33.4. The van der Waals surface area contributed by atoms with E-state index in [1.165, 1.54) is 82.4 Å². The van der Waals surface area contributed by atoms with Crippen molar-refractivity contribution in [2.24, 2.45) is 0 Å². The molecule has 0 amide bonds. The Morgan fingerprint density at radius 1 is 0.286 bits per heavy atom. The van der Waals surface area contributed by atoms with Crippen molar-refractivity contribution in [1.29, 1.82) is 0 Å². The van der Waals surface area contributed by atoms with Crippen LogP contribution in [0.5, 0.6) is 0 Å². The fraction of sp³-hybridized carbons (Fsp3) is 0.0182. The van der Waals surface area contributed by atoms with Crippen molar-refractivity contribution < 1.29 is 0 Å². The molecule has 0 fully saturated rings. The molecule has 0 aromatic heterocycles. The van der Waals surface area contributed by atoms with Crippen molar-refractivity contribution in [3.63, 3.8) is 0 Å². The van der Waals surface area contributed by atoms with Gasteiger partial charge < -0.3 is 4.90 Å². The third-order valence-corrected chi connectivity index (χ3v) is 11.1. The van der Waals surface area contributed by atoms with E-state index in [1.807, 2.05) is 0 Å². The highest BCUT2D eigenvalue weighted by molar-refractivity contribution is 6.33. The molecule has 0 bridgehead atoms. The minimum Gasteiger partial charge on any atom is -0.310 e. The molecule has 56 heavy (non-hydrogen) atoms. The standard InChI is InChI=1S/C55H39N/c1-38-29-31-44(32-30-38)56(45-26-16-25-43(35-45)39-17-6-2-7-18-39)46-33-34-49-52(36-46)47-27-14-15-28-48(47)54-51(41-21-10-4-11-22-41)37-50(40-19-8-3-9-20-40)53(55(49)54)42-23-12-5-13-24-42/h2-37H,1H3. The Morgan fingerprint density at radius 3 is 1.45 bits per heavy atom. The highest BCUT2D eigenvalue weighted by Gasteiger charge is 2.23. The van der Waals surface area contributed by atoms with Gasteiger partial charge in [0.2, 0.25) is 0 Å². The van der Waals surface area contributed by atoms with E-state index in [0.29, 0.717) is 0 Å². The van der Waals surface area contributed by atoms with Crippen LogP contribution in [0, 0.1) is 6.92 Å². The summed E-state index contributed by atoms with van der Waals surface area (Å²) in [4.78, 5) is 2.40.